The Morgan fingerprint density at radius 3 is 2.64 bits per heavy atom. The number of hydrogen-bond acceptors (Lipinski definition) is 3. The zero-order chi connectivity index (χ0) is 16.3. The van der Waals surface area contributed by atoms with Crippen molar-refractivity contribution in [2.24, 2.45) is 0 Å². The van der Waals surface area contributed by atoms with E-state index in [9.17, 15) is 4.79 Å². The number of halogens is 1. The molecule has 116 valence electrons. The van der Waals surface area contributed by atoms with Gasteiger partial charge in [-0.25, -0.2) is 0 Å². The Morgan fingerprint density at radius 1 is 1.27 bits per heavy atom. The Morgan fingerprint density at radius 2 is 2.00 bits per heavy atom. The molecule has 2 rings (SSSR count). The molecule has 0 aromatic heterocycles. The summed E-state index contributed by atoms with van der Waals surface area (Å²) in [5, 5.41) is 3.24. The van der Waals surface area contributed by atoms with Crippen molar-refractivity contribution in [1.29, 1.82) is 0 Å². The van der Waals surface area contributed by atoms with Crippen LogP contribution < -0.4 is 15.8 Å². The Hall–Kier alpha value is -2.20. The summed E-state index contributed by atoms with van der Waals surface area (Å²) in [4.78, 5) is 12.4. The average molecular weight is 319 g/mol. The van der Waals surface area contributed by atoms with Crippen LogP contribution >= 0.6 is 11.6 Å². The fraction of sp³-hybridized carbons (Fsp3) is 0.235. The van der Waals surface area contributed by atoms with Gasteiger partial charge < -0.3 is 15.8 Å². The largest absolute Gasteiger partial charge is 0.491 e. The Kier molecular flexibility index (Phi) is 4.93. The van der Waals surface area contributed by atoms with Crippen LogP contribution in [0.1, 0.15) is 29.8 Å². The SMILES string of the molecule is Cc1cc(N)cc(Cl)c1NC(=O)c1cccc(OC(C)C)c1. The highest BCUT2D eigenvalue weighted by Crippen LogP contribution is 2.29. The second-order valence-electron chi connectivity index (χ2n) is 5.34. The maximum atomic E-state index is 12.4. The van der Waals surface area contributed by atoms with Gasteiger partial charge in [0.15, 0.2) is 0 Å². The summed E-state index contributed by atoms with van der Waals surface area (Å²) in [6, 6.07) is 10.4. The third-order valence-electron chi connectivity index (χ3n) is 3.02. The lowest BCUT2D eigenvalue weighted by molar-refractivity contribution is 0.102. The zero-order valence-electron chi connectivity index (χ0n) is 12.8. The molecule has 3 N–H and O–H groups in total. The van der Waals surface area contributed by atoms with Crippen LogP contribution in [0.2, 0.25) is 5.02 Å². The number of ether oxygens (including phenoxy) is 1. The van der Waals surface area contributed by atoms with E-state index in [0.717, 1.165) is 5.56 Å². The summed E-state index contributed by atoms with van der Waals surface area (Å²) < 4.78 is 5.60. The third kappa shape index (κ3) is 3.92. The normalized spacial score (nSPS) is 10.6. The molecule has 0 aliphatic carbocycles. The first kappa shape index (κ1) is 16.2. The average Bonchev–Trinajstić information content (AvgIpc) is 2.42. The monoisotopic (exact) mass is 318 g/mol. The molecule has 0 atom stereocenters. The van der Waals surface area contributed by atoms with Crippen LogP contribution in [0.25, 0.3) is 0 Å². The van der Waals surface area contributed by atoms with Crippen molar-refractivity contribution in [1.82, 2.24) is 0 Å². The van der Waals surface area contributed by atoms with Gasteiger partial charge in [-0.2, -0.15) is 0 Å². The van der Waals surface area contributed by atoms with Crippen molar-refractivity contribution in [3.8, 4) is 5.75 Å². The zero-order valence-corrected chi connectivity index (χ0v) is 13.6. The van der Waals surface area contributed by atoms with Gasteiger partial charge >= 0.3 is 0 Å². The second-order valence-corrected chi connectivity index (χ2v) is 5.75. The Balaban J connectivity index is 2.23. The van der Waals surface area contributed by atoms with Gasteiger partial charge in [0.05, 0.1) is 16.8 Å². The van der Waals surface area contributed by atoms with E-state index in [0.29, 0.717) is 27.7 Å². The van der Waals surface area contributed by atoms with E-state index < -0.39 is 0 Å². The van der Waals surface area contributed by atoms with Crippen LogP contribution in [0.5, 0.6) is 5.75 Å². The van der Waals surface area contributed by atoms with Crippen LogP contribution in [0.15, 0.2) is 36.4 Å². The Bertz CT molecular complexity index is 676. The van der Waals surface area contributed by atoms with Gasteiger partial charge in [0.2, 0.25) is 0 Å². The number of nitrogens with two attached hydrogens (primary N) is 1. The number of rotatable bonds is 4. The first-order valence-electron chi connectivity index (χ1n) is 7.00. The van der Waals surface area contributed by atoms with Crippen molar-refractivity contribution in [2.75, 3.05) is 11.1 Å². The molecule has 0 saturated heterocycles. The number of nitrogen functional groups attached to an aromatic ring is 1. The molecule has 2 aromatic carbocycles. The molecule has 0 saturated carbocycles. The van der Waals surface area contributed by atoms with E-state index in [1.54, 1.807) is 30.3 Å². The van der Waals surface area contributed by atoms with Crippen molar-refractivity contribution in [3.05, 3.63) is 52.5 Å². The predicted molar refractivity (Wildman–Crippen MR) is 90.8 cm³/mol. The Labute approximate surface area is 135 Å². The highest BCUT2D eigenvalue weighted by Gasteiger charge is 2.12. The van der Waals surface area contributed by atoms with Crippen molar-refractivity contribution >= 4 is 28.9 Å². The van der Waals surface area contributed by atoms with E-state index in [4.69, 9.17) is 22.1 Å². The van der Waals surface area contributed by atoms with Crippen LogP contribution in [-0.4, -0.2) is 12.0 Å². The number of benzene rings is 2. The van der Waals surface area contributed by atoms with Gasteiger partial charge in [0.25, 0.3) is 5.91 Å². The minimum Gasteiger partial charge on any atom is -0.491 e. The molecule has 2 aromatic rings. The first-order valence-corrected chi connectivity index (χ1v) is 7.38. The van der Waals surface area contributed by atoms with Crippen molar-refractivity contribution in [3.63, 3.8) is 0 Å². The summed E-state index contributed by atoms with van der Waals surface area (Å²) in [6.45, 7) is 5.71. The smallest absolute Gasteiger partial charge is 0.255 e. The molecular weight excluding hydrogens is 300 g/mol. The van der Waals surface area contributed by atoms with Crippen molar-refractivity contribution in [2.45, 2.75) is 26.9 Å². The molecule has 22 heavy (non-hydrogen) atoms. The summed E-state index contributed by atoms with van der Waals surface area (Å²) >= 11 is 6.15. The van der Waals surface area contributed by atoms with E-state index >= 15 is 0 Å². The van der Waals surface area contributed by atoms with Gasteiger partial charge in [0.1, 0.15) is 5.75 Å². The summed E-state index contributed by atoms with van der Waals surface area (Å²) in [7, 11) is 0. The minimum absolute atomic E-state index is 0.0482. The fourth-order valence-electron chi connectivity index (χ4n) is 2.10. The maximum Gasteiger partial charge on any atom is 0.255 e. The van der Waals surface area contributed by atoms with E-state index in [1.807, 2.05) is 26.8 Å². The lowest BCUT2D eigenvalue weighted by atomic mass is 10.1. The van der Waals surface area contributed by atoms with Gasteiger partial charge in [0, 0.05) is 11.3 Å². The number of aryl methyl sites for hydroxylation is 1. The molecule has 0 bridgehead atoms. The van der Waals surface area contributed by atoms with E-state index in [2.05, 4.69) is 5.32 Å². The molecule has 0 fully saturated rings. The molecule has 0 heterocycles. The summed E-state index contributed by atoms with van der Waals surface area (Å²) in [6.07, 6.45) is 0.0482. The lowest BCUT2D eigenvalue weighted by Gasteiger charge is -2.13. The van der Waals surface area contributed by atoms with Crippen LogP contribution in [0.3, 0.4) is 0 Å². The molecule has 0 spiro atoms. The maximum absolute atomic E-state index is 12.4. The van der Waals surface area contributed by atoms with Gasteiger partial charge in [-0.3, -0.25) is 4.79 Å². The van der Waals surface area contributed by atoms with Crippen LogP contribution in [0, 0.1) is 6.92 Å². The van der Waals surface area contributed by atoms with Gasteiger partial charge in [-0.15, -0.1) is 0 Å². The van der Waals surface area contributed by atoms with Gasteiger partial charge in [-0.05, 0) is 56.7 Å². The highest BCUT2D eigenvalue weighted by atomic mass is 35.5. The lowest BCUT2D eigenvalue weighted by Crippen LogP contribution is -2.14. The van der Waals surface area contributed by atoms with E-state index in [-0.39, 0.29) is 12.0 Å². The number of amides is 1. The van der Waals surface area contributed by atoms with Crippen LogP contribution in [0.4, 0.5) is 11.4 Å². The number of carbonyl (C=O) groups is 1. The van der Waals surface area contributed by atoms with Gasteiger partial charge in [-0.1, -0.05) is 17.7 Å². The molecule has 5 heteroatoms. The predicted octanol–water partition coefficient (Wildman–Crippen LogP) is 4.27. The number of carbonyl (C=O) groups excluding carboxylic acids is 1. The molecule has 4 nitrogen and oxygen atoms in total. The van der Waals surface area contributed by atoms with Crippen molar-refractivity contribution < 1.29 is 9.53 Å². The quantitative estimate of drug-likeness (QED) is 0.827. The molecule has 0 unspecified atom stereocenters. The first-order chi connectivity index (χ1) is 10.4. The third-order valence-corrected chi connectivity index (χ3v) is 3.31. The minimum atomic E-state index is -0.246. The molecule has 0 aliphatic heterocycles. The fourth-order valence-corrected chi connectivity index (χ4v) is 2.42. The number of nitrogens with one attached hydrogen (secondary N) is 1. The summed E-state index contributed by atoms with van der Waals surface area (Å²) in [5.74, 6) is 0.409. The molecule has 0 aliphatic rings. The topological polar surface area (TPSA) is 64.3 Å². The molecular formula is C17H19ClN2O2. The summed E-state index contributed by atoms with van der Waals surface area (Å²) in [5.41, 5.74) is 8.17. The van der Waals surface area contributed by atoms with Crippen LogP contribution in [-0.2, 0) is 0 Å². The highest BCUT2D eigenvalue weighted by molar-refractivity contribution is 6.34. The number of anilines is 2. The molecule has 0 radical (unpaired) electrons. The van der Waals surface area contributed by atoms with E-state index in [1.165, 1.54) is 0 Å². The molecule has 1 amide bonds. The number of hydrogen-bond donors (Lipinski definition) is 2. The second kappa shape index (κ2) is 6.71. The standard InChI is InChI=1S/C17H19ClN2O2/c1-10(2)22-14-6-4-5-12(8-14)17(21)20-16-11(3)7-13(19)9-15(16)18/h4-10H,19H2,1-3H3,(H,20,21).